The molecule has 2 aromatic rings. The summed E-state index contributed by atoms with van der Waals surface area (Å²) in [7, 11) is 0. The number of aryl methyl sites for hydroxylation is 1. The van der Waals surface area contributed by atoms with Crippen molar-refractivity contribution in [2.45, 2.75) is 31.9 Å². The number of β-amino-alcohol motifs (C(OH)–C–C–N with tert-alkyl or cyclic N) is 1. The van der Waals surface area contributed by atoms with Crippen molar-refractivity contribution in [3.8, 4) is 0 Å². The molecule has 2 N–H and O–H groups in total. The smallest absolute Gasteiger partial charge is 0.326 e. The van der Waals surface area contributed by atoms with E-state index < -0.39 is 0 Å². The number of benzene rings is 1. The number of hydrogen-bond acceptors (Lipinski definition) is 3. The highest BCUT2D eigenvalue weighted by Gasteiger charge is 2.17. The number of fused-ring (bicyclic) bond motifs is 1. The van der Waals surface area contributed by atoms with Crippen molar-refractivity contribution in [3.63, 3.8) is 0 Å². The van der Waals surface area contributed by atoms with Crippen LogP contribution in [0.3, 0.4) is 0 Å². The van der Waals surface area contributed by atoms with Crippen LogP contribution >= 0.6 is 0 Å². The average Bonchev–Trinajstić information content (AvgIpc) is 2.75. The van der Waals surface area contributed by atoms with Crippen molar-refractivity contribution in [1.29, 1.82) is 0 Å². The van der Waals surface area contributed by atoms with Crippen molar-refractivity contribution in [3.05, 3.63) is 34.7 Å². The van der Waals surface area contributed by atoms with Crippen LogP contribution in [0.25, 0.3) is 11.0 Å². The fraction of sp³-hybridized carbons (Fsp3) is 0.533. The molecule has 5 nitrogen and oxygen atoms in total. The summed E-state index contributed by atoms with van der Waals surface area (Å²) in [6, 6.07) is 7.77. The number of H-pyrrole nitrogens is 1. The van der Waals surface area contributed by atoms with Crippen LogP contribution in [-0.4, -0.2) is 45.3 Å². The second-order valence-electron chi connectivity index (χ2n) is 5.55. The number of hydrogen-bond donors (Lipinski definition) is 2. The zero-order valence-electron chi connectivity index (χ0n) is 11.6. The van der Waals surface area contributed by atoms with Crippen LogP contribution in [0.2, 0.25) is 0 Å². The highest BCUT2D eigenvalue weighted by atomic mass is 16.3. The number of nitrogens with one attached hydrogen (secondary N) is 1. The van der Waals surface area contributed by atoms with Crippen molar-refractivity contribution in [1.82, 2.24) is 14.5 Å². The molecule has 1 aromatic carbocycles. The minimum Gasteiger partial charge on any atom is -0.392 e. The molecule has 0 spiro atoms. The van der Waals surface area contributed by atoms with E-state index in [1.54, 1.807) is 4.57 Å². The van der Waals surface area contributed by atoms with Gasteiger partial charge in [0.1, 0.15) is 0 Å². The van der Waals surface area contributed by atoms with Gasteiger partial charge in [-0.15, -0.1) is 0 Å². The van der Waals surface area contributed by atoms with Crippen LogP contribution in [0, 0.1) is 0 Å². The first-order valence-electron chi connectivity index (χ1n) is 7.32. The van der Waals surface area contributed by atoms with Gasteiger partial charge in [0.25, 0.3) is 0 Å². The number of nitrogens with zero attached hydrogens (tertiary/aromatic N) is 2. The second-order valence-corrected chi connectivity index (χ2v) is 5.55. The Morgan fingerprint density at radius 3 is 3.00 bits per heavy atom. The van der Waals surface area contributed by atoms with Crippen molar-refractivity contribution >= 4 is 11.0 Å². The number of rotatable bonds is 4. The lowest BCUT2D eigenvalue weighted by molar-refractivity contribution is 0.0695. The van der Waals surface area contributed by atoms with E-state index in [2.05, 4.69) is 9.88 Å². The van der Waals surface area contributed by atoms with Gasteiger partial charge >= 0.3 is 5.69 Å². The molecule has 0 unspecified atom stereocenters. The molecule has 1 atom stereocenters. The fourth-order valence-electron chi connectivity index (χ4n) is 3.02. The van der Waals surface area contributed by atoms with E-state index in [9.17, 15) is 9.90 Å². The summed E-state index contributed by atoms with van der Waals surface area (Å²) in [4.78, 5) is 17.1. The van der Waals surface area contributed by atoms with Gasteiger partial charge in [-0.3, -0.25) is 4.57 Å². The van der Waals surface area contributed by atoms with Crippen LogP contribution in [0.1, 0.15) is 19.3 Å². The first kappa shape index (κ1) is 13.4. The van der Waals surface area contributed by atoms with Crippen molar-refractivity contribution in [2.24, 2.45) is 0 Å². The molecule has 0 saturated carbocycles. The lowest BCUT2D eigenvalue weighted by Crippen LogP contribution is -2.39. The third-order valence-corrected chi connectivity index (χ3v) is 4.02. The van der Waals surface area contributed by atoms with E-state index in [0.717, 1.165) is 56.5 Å². The third kappa shape index (κ3) is 2.78. The summed E-state index contributed by atoms with van der Waals surface area (Å²) in [6.45, 7) is 3.47. The summed E-state index contributed by atoms with van der Waals surface area (Å²) >= 11 is 0. The monoisotopic (exact) mass is 275 g/mol. The molecule has 1 aliphatic rings. The van der Waals surface area contributed by atoms with Gasteiger partial charge < -0.3 is 15.0 Å². The predicted octanol–water partition coefficient (Wildman–Crippen LogP) is 1.18. The number of imidazole rings is 1. The van der Waals surface area contributed by atoms with Crippen LogP contribution in [0.4, 0.5) is 0 Å². The molecule has 1 aliphatic heterocycles. The van der Waals surface area contributed by atoms with Gasteiger partial charge in [-0.25, -0.2) is 4.79 Å². The van der Waals surface area contributed by atoms with Gasteiger partial charge in [0.15, 0.2) is 0 Å². The van der Waals surface area contributed by atoms with E-state index in [1.807, 2.05) is 24.3 Å². The summed E-state index contributed by atoms with van der Waals surface area (Å²) in [6.07, 6.45) is 2.72. The molecule has 0 bridgehead atoms. The topological polar surface area (TPSA) is 61.3 Å². The minimum absolute atomic E-state index is 0.0371. The maximum atomic E-state index is 11.9. The Morgan fingerprint density at radius 1 is 1.30 bits per heavy atom. The summed E-state index contributed by atoms with van der Waals surface area (Å²) in [5.74, 6) is 0. The number of aliphatic hydroxyl groups is 1. The first-order chi connectivity index (χ1) is 9.74. The zero-order chi connectivity index (χ0) is 13.9. The molecule has 20 heavy (non-hydrogen) atoms. The standard InChI is InChI=1S/C15H21N3O2/c19-12-5-3-8-17(11-12)9-4-10-18-14-7-2-1-6-13(14)16-15(18)20/h1-2,6-7,12,19H,3-5,8-11H2,(H,16,20)/t12-/m0/s1. The molecule has 1 saturated heterocycles. The van der Waals surface area contributed by atoms with Crippen LogP contribution < -0.4 is 5.69 Å². The second kappa shape index (κ2) is 5.81. The number of likely N-dealkylation sites (tertiary alicyclic amines) is 1. The molecule has 3 rings (SSSR count). The lowest BCUT2D eigenvalue weighted by atomic mass is 10.1. The molecular weight excluding hydrogens is 254 g/mol. The number of aliphatic hydroxyl groups excluding tert-OH is 1. The molecule has 108 valence electrons. The van der Waals surface area contributed by atoms with E-state index in [1.165, 1.54) is 0 Å². The van der Waals surface area contributed by atoms with Crippen LogP contribution in [-0.2, 0) is 6.54 Å². The summed E-state index contributed by atoms with van der Waals surface area (Å²) in [5, 5.41) is 9.65. The molecule has 1 fully saturated rings. The zero-order valence-corrected chi connectivity index (χ0v) is 11.6. The Kier molecular flexibility index (Phi) is 3.89. The van der Waals surface area contributed by atoms with Crippen LogP contribution in [0.5, 0.6) is 0 Å². The number of piperidine rings is 1. The molecular formula is C15H21N3O2. The van der Waals surface area contributed by atoms with E-state index in [0.29, 0.717) is 0 Å². The van der Waals surface area contributed by atoms with E-state index in [4.69, 9.17) is 0 Å². The Balaban J connectivity index is 1.62. The Labute approximate surface area is 117 Å². The highest BCUT2D eigenvalue weighted by Crippen LogP contribution is 2.12. The van der Waals surface area contributed by atoms with E-state index in [-0.39, 0.29) is 11.8 Å². The van der Waals surface area contributed by atoms with Crippen molar-refractivity contribution in [2.75, 3.05) is 19.6 Å². The number of aromatic nitrogens is 2. The Hall–Kier alpha value is -1.59. The van der Waals surface area contributed by atoms with Gasteiger partial charge in [0.2, 0.25) is 0 Å². The first-order valence-corrected chi connectivity index (χ1v) is 7.32. The maximum Gasteiger partial charge on any atom is 0.326 e. The average molecular weight is 275 g/mol. The molecule has 0 aliphatic carbocycles. The normalized spacial score (nSPS) is 20.6. The number of para-hydroxylation sites is 2. The minimum atomic E-state index is -0.181. The van der Waals surface area contributed by atoms with Gasteiger partial charge in [0.05, 0.1) is 17.1 Å². The molecule has 0 amide bonds. The van der Waals surface area contributed by atoms with Gasteiger partial charge in [0, 0.05) is 13.1 Å². The Morgan fingerprint density at radius 2 is 2.15 bits per heavy atom. The lowest BCUT2D eigenvalue weighted by Gasteiger charge is -2.29. The van der Waals surface area contributed by atoms with Crippen molar-refractivity contribution < 1.29 is 5.11 Å². The van der Waals surface area contributed by atoms with E-state index >= 15 is 0 Å². The molecule has 0 radical (unpaired) electrons. The molecule has 5 heteroatoms. The SMILES string of the molecule is O=c1[nH]c2ccccc2n1CCCN1CCC[C@H](O)C1. The maximum absolute atomic E-state index is 11.9. The largest absolute Gasteiger partial charge is 0.392 e. The van der Waals surface area contributed by atoms with Gasteiger partial charge in [-0.05, 0) is 44.5 Å². The molecule has 2 heterocycles. The van der Waals surface area contributed by atoms with Gasteiger partial charge in [-0.1, -0.05) is 12.1 Å². The van der Waals surface area contributed by atoms with Gasteiger partial charge in [-0.2, -0.15) is 0 Å². The predicted molar refractivity (Wildman–Crippen MR) is 78.9 cm³/mol. The molecule has 1 aromatic heterocycles. The highest BCUT2D eigenvalue weighted by molar-refractivity contribution is 5.74. The fourth-order valence-corrected chi connectivity index (χ4v) is 3.02. The summed E-state index contributed by atoms with van der Waals surface area (Å²) in [5.41, 5.74) is 1.83. The summed E-state index contributed by atoms with van der Waals surface area (Å²) < 4.78 is 1.80. The quantitative estimate of drug-likeness (QED) is 0.880. The number of aromatic amines is 1. The third-order valence-electron chi connectivity index (χ3n) is 4.02. The van der Waals surface area contributed by atoms with Crippen LogP contribution in [0.15, 0.2) is 29.1 Å². The Bertz CT molecular complexity index is 631.